The standard InChI is InChI=1S/C17H14F5N5/c18-16(19)4-3-9(6-16)15-25-11-5-14(24-8-12(11)26-15)27-13-2-1-10(7-23-13)17(20,21)22/h1-2,5,7-9H,3-4,6H2,(H,25,26)(H,23,24,27). The molecule has 1 atom stereocenters. The van der Waals surface area contributed by atoms with E-state index in [1.54, 1.807) is 6.07 Å². The van der Waals surface area contributed by atoms with Crippen LogP contribution in [0.3, 0.4) is 0 Å². The Bertz CT molecular complexity index is 964. The van der Waals surface area contributed by atoms with Gasteiger partial charge in [-0.3, -0.25) is 0 Å². The van der Waals surface area contributed by atoms with Gasteiger partial charge in [0.15, 0.2) is 0 Å². The number of nitrogens with one attached hydrogen (secondary N) is 2. The van der Waals surface area contributed by atoms with Gasteiger partial charge in [0.2, 0.25) is 5.92 Å². The lowest BCUT2D eigenvalue weighted by Gasteiger charge is -2.08. The van der Waals surface area contributed by atoms with Crippen molar-refractivity contribution in [2.75, 3.05) is 5.32 Å². The molecule has 3 aromatic rings. The number of hydrogen-bond donors (Lipinski definition) is 2. The maximum atomic E-state index is 13.4. The second kappa shape index (κ2) is 6.14. The molecule has 10 heteroatoms. The molecule has 5 nitrogen and oxygen atoms in total. The molecule has 0 aromatic carbocycles. The van der Waals surface area contributed by atoms with Crippen molar-refractivity contribution in [1.82, 2.24) is 19.9 Å². The summed E-state index contributed by atoms with van der Waals surface area (Å²) in [5.74, 6) is -1.97. The van der Waals surface area contributed by atoms with E-state index in [1.807, 2.05) is 0 Å². The fraction of sp³-hybridized carbons (Fsp3) is 0.353. The molecule has 3 aromatic heterocycles. The number of aromatic nitrogens is 4. The molecule has 1 aliphatic carbocycles. The van der Waals surface area contributed by atoms with Crippen molar-refractivity contribution in [3.05, 3.63) is 42.0 Å². The zero-order chi connectivity index (χ0) is 19.2. The molecule has 2 N–H and O–H groups in total. The summed E-state index contributed by atoms with van der Waals surface area (Å²) >= 11 is 0. The Morgan fingerprint density at radius 2 is 1.89 bits per heavy atom. The first-order chi connectivity index (χ1) is 12.7. The summed E-state index contributed by atoms with van der Waals surface area (Å²) in [5, 5.41) is 2.80. The fourth-order valence-corrected chi connectivity index (χ4v) is 3.14. The zero-order valence-electron chi connectivity index (χ0n) is 13.8. The average Bonchev–Trinajstić information content (AvgIpc) is 3.17. The molecule has 0 bridgehead atoms. The van der Waals surface area contributed by atoms with E-state index in [0.717, 1.165) is 12.3 Å². The number of aromatic amines is 1. The summed E-state index contributed by atoms with van der Waals surface area (Å²) < 4.78 is 64.5. The van der Waals surface area contributed by atoms with Crippen molar-refractivity contribution < 1.29 is 22.0 Å². The maximum absolute atomic E-state index is 13.4. The van der Waals surface area contributed by atoms with E-state index < -0.39 is 17.7 Å². The van der Waals surface area contributed by atoms with E-state index in [4.69, 9.17) is 0 Å². The van der Waals surface area contributed by atoms with Crippen molar-refractivity contribution in [1.29, 1.82) is 0 Å². The van der Waals surface area contributed by atoms with E-state index in [0.29, 0.717) is 29.1 Å². The smallest absolute Gasteiger partial charge is 0.340 e. The number of imidazole rings is 1. The molecule has 3 heterocycles. The minimum atomic E-state index is -4.45. The molecule has 1 unspecified atom stereocenters. The van der Waals surface area contributed by atoms with Gasteiger partial charge in [-0.05, 0) is 18.6 Å². The SMILES string of the molecule is FC1(F)CCC(c2nc3cc(Nc4ccc(C(F)(F)F)cn4)ncc3[nH]2)C1. The first kappa shape index (κ1) is 17.6. The van der Waals surface area contributed by atoms with Crippen molar-refractivity contribution in [3.8, 4) is 0 Å². The zero-order valence-corrected chi connectivity index (χ0v) is 13.8. The van der Waals surface area contributed by atoms with Gasteiger partial charge in [-0.1, -0.05) is 0 Å². The van der Waals surface area contributed by atoms with Crippen molar-refractivity contribution in [2.24, 2.45) is 0 Å². The highest BCUT2D eigenvalue weighted by atomic mass is 19.4. The highest BCUT2D eigenvalue weighted by Gasteiger charge is 2.41. The van der Waals surface area contributed by atoms with E-state index in [1.165, 1.54) is 12.3 Å². The van der Waals surface area contributed by atoms with Gasteiger partial charge in [0.05, 0.1) is 22.8 Å². The number of halogens is 5. The van der Waals surface area contributed by atoms with E-state index in [-0.39, 0.29) is 24.6 Å². The Labute approximate surface area is 150 Å². The van der Waals surface area contributed by atoms with Crippen molar-refractivity contribution in [3.63, 3.8) is 0 Å². The molecule has 27 heavy (non-hydrogen) atoms. The van der Waals surface area contributed by atoms with Crippen molar-refractivity contribution >= 4 is 22.7 Å². The van der Waals surface area contributed by atoms with Crippen LogP contribution in [0.2, 0.25) is 0 Å². The fourth-order valence-electron chi connectivity index (χ4n) is 3.14. The molecule has 0 amide bonds. The number of alkyl halides is 5. The van der Waals surface area contributed by atoms with Gasteiger partial charge in [0.1, 0.15) is 17.5 Å². The van der Waals surface area contributed by atoms with Gasteiger partial charge in [0, 0.05) is 31.0 Å². The molecule has 1 saturated carbocycles. The molecule has 1 fully saturated rings. The number of hydrogen-bond acceptors (Lipinski definition) is 4. The van der Waals surface area contributed by atoms with Crippen LogP contribution in [0.25, 0.3) is 11.0 Å². The first-order valence-electron chi connectivity index (χ1n) is 8.23. The van der Waals surface area contributed by atoms with Gasteiger partial charge in [-0.25, -0.2) is 23.7 Å². The van der Waals surface area contributed by atoms with Crippen LogP contribution < -0.4 is 5.32 Å². The Morgan fingerprint density at radius 3 is 2.52 bits per heavy atom. The van der Waals surface area contributed by atoms with Crippen molar-refractivity contribution in [2.45, 2.75) is 37.3 Å². The molecule has 0 saturated heterocycles. The lowest BCUT2D eigenvalue weighted by molar-refractivity contribution is -0.137. The second-order valence-corrected chi connectivity index (χ2v) is 6.56. The molecule has 142 valence electrons. The lowest BCUT2D eigenvalue weighted by Crippen LogP contribution is -2.09. The number of pyridine rings is 2. The van der Waals surface area contributed by atoms with Gasteiger partial charge in [-0.15, -0.1) is 0 Å². The topological polar surface area (TPSA) is 66.5 Å². The Kier molecular flexibility index (Phi) is 4.01. The van der Waals surface area contributed by atoms with Crippen LogP contribution in [-0.4, -0.2) is 25.9 Å². The van der Waals surface area contributed by atoms with Crippen LogP contribution in [0, 0.1) is 0 Å². The third-order valence-corrected chi connectivity index (χ3v) is 4.52. The first-order valence-corrected chi connectivity index (χ1v) is 8.23. The van der Waals surface area contributed by atoms with Gasteiger partial charge in [-0.2, -0.15) is 13.2 Å². The van der Waals surface area contributed by atoms with Crippen LogP contribution in [0.15, 0.2) is 30.6 Å². The summed E-state index contributed by atoms with van der Waals surface area (Å²) in [6.07, 6.45) is -2.26. The Morgan fingerprint density at radius 1 is 1.11 bits per heavy atom. The van der Waals surface area contributed by atoms with E-state index in [9.17, 15) is 22.0 Å². The molecular formula is C17H14F5N5. The normalized spacial score (nSPS) is 19.5. The van der Waals surface area contributed by atoms with Crippen LogP contribution >= 0.6 is 0 Å². The van der Waals surface area contributed by atoms with Gasteiger partial charge in [0.25, 0.3) is 0 Å². The maximum Gasteiger partial charge on any atom is 0.417 e. The summed E-state index contributed by atoms with van der Waals surface area (Å²) in [5.41, 5.74) is 0.289. The quantitative estimate of drug-likeness (QED) is 0.624. The third kappa shape index (κ3) is 3.69. The predicted molar refractivity (Wildman–Crippen MR) is 87.9 cm³/mol. The molecular weight excluding hydrogens is 369 g/mol. The molecule has 1 aliphatic rings. The Hall–Kier alpha value is -2.78. The van der Waals surface area contributed by atoms with Crippen LogP contribution in [-0.2, 0) is 6.18 Å². The number of H-pyrrole nitrogens is 1. The minimum Gasteiger partial charge on any atom is -0.340 e. The lowest BCUT2D eigenvalue weighted by atomic mass is 10.1. The second-order valence-electron chi connectivity index (χ2n) is 6.56. The van der Waals surface area contributed by atoms with Gasteiger partial charge < -0.3 is 10.3 Å². The van der Waals surface area contributed by atoms with Crippen LogP contribution in [0.5, 0.6) is 0 Å². The van der Waals surface area contributed by atoms with Crippen LogP contribution in [0.1, 0.15) is 36.6 Å². The molecule has 4 rings (SSSR count). The number of nitrogens with zero attached hydrogens (tertiary/aromatic N) is 3. The summed E-state index contributed by atoms with van der Waals surface area (Å²) in [6, 6.07) is 3.70. The highest BCUT2D eigenvalue weighted by Crippen LogP contribution is 2.43. The molecule has 0 spiro atoms. The molecule has 0 aliphatic heterocycles. The number of rotatable bonds is 3. The number of anilines is 2. The van der Waals surface area contributed by atoms with E-state index in [2.05, 4.69) is 25.3 Å². The van der Waals surface area contributed by atoms with E-state index >= 15 is 0 Å². The number of fused-ring (bicyclic) bond motifs is 1. The van der Waals surface area contributed by atoms with Crippen LogP contribution in [0.4, 0.5) is 33.6 Å². The Balaban J connectivity index is 1.53. The average molecular weight is 383 g/mol. The summed E-state index contributed by atoms with van der Waals surface area (Å²) in [4.78, 5) is 15.3. The van der Waals surface area contributed by atoms with Gasteiger partial charge >= 0.3 is 6.18 Å². The largest absolute Gasteiger partial charge is 0.417 e. The monoisotopic (exact) mass is 383 g/mol. The third-order valence-electron chi connectivity index (χ3n) is 4.52. The summed E-state index contributed by atoms with van der Waals surface area (Å²) in [6.45, 7) is 0. The highest BCUT2D eigenvalue weighted by molar-refractivity contribution is 5.78. The molecule has 0 radical (unpaired) electrons. The predicted octanol–water partition coefficient (Wildman–Crippen LogP) is 5.02. The summed E-state index contributed by atoms with van der Waals surface area (Å²) in [7, 11) is 0. The minimum absolute atomic E-state index is 0.153.